The maximum atomic E-state index is 11.9. The highest BCUT2D eigenvalue weighted by atomic mass is 32.2. The molecule has 0 bridgehead atoms. The molecule has 20 heavy (non-hydrogen) atoms. The van der Waals surface area contributed by atoms with Gasteiger partial charge in [-0.3, -0.25) is 4.79 Å². The van der Waals surface area contributed by atoms with Crippen molar-refractivity contribution in [2.24, 2.45) is 5.73 Å². The van der Waals surface area contributed by atoms with Crippen LogP contribution in [0.1, 0.15) is 36.4 Å². The van der Waals surface area contributed by atoms with E-state index in [1.165, 1.54) is 0 Å². The standard InChI is InChI=1S/C12H21N3O4S/c1-7(11-8(2)15-19-9(11)3)14-12(16)10(13)5-6-20(4,17)18/h7,10H,5-6,13H2,1-4H3,(H,14,16). The Balaban J connectivity index is 2.62. The van der Waals surface area contributed by atoms with Crippen LogP contribution in [0, 0.1) is 13.8 Å². The van der Waals surface area contributed by atoms with E-state index in [-0.39, 0.29) is 24.1 Å². The Morgan fingerprint density at radius 3 is 2.50 bits per heavy atom. The lowest BCUT2D eigenvalue weighted by molar-refractivity contribution is -0.123. The van der Waals surface area contributed by atoms with Gasteiger partial charge in [0.15, 0.2) is 0 Å². The van der Waals surface area contributed by atoms with E-state index in [0.29, 0.717) is 11.5 Å². The molecule has 0 aromatic carbocycles. The summed E-state index contributed by atoms with van der Waals surface area (Å²) in [5.74, 6) is 0.141. The lowest BCUT2D eigenvalue weighted by atomic mass is 10.1. The molecule has 1 rings (SSSR count). The van der Waals surface area contributed by atoms with Gasteiger partial charge in [0, 0.05) is 11.8 Å². The van der Waals surface area contributed by atoms with Crippen LogP contribution in [0.4, 0.5) is 0 Å². The fraction of sp³-hybridized carbons (Fsp3) is 0.667. The van der Waals surface area contributed by atoms with Crippen molar-refractivity contribution in [3.63, 3.8) is 0 Å². The summed E-state index contributed by atoms with van der Waals surface area (Å²) in [5, 5.41) is 6.56. The molecule has 0 aliphatic heterocycles. The van der Waals surface area contributed by atoms with Gasteiger partial charge in [-0.05, 0) is 27.2 Å². The van der Waals surface area contributed by atoms with Crippen LogP contribution in [0.3, 0.4) is 0 Å². The number of hydrogen-bond donors (Lipinski definition) is 2. The fourth-order valence-corrected chi connectivity index (χ4v) is 2.66. The largest absolute Gasteiger partial charge is 0.361 e. The molecular formula is C12H21N3O4S. The molecule has 0 saturated heterocycles. The Morgan fingerprint density at radius 1 is 1.45 bits per heavy atom. The highest BCUT2D eigenvalue weighted by Gasteiger charge is 2.22. The fourth-order valence-electron chi connectivity index (χ4n) is 1.97. The number of hydrogen-bond acceptors (Lipinski definition) is 6. The molecular weight excluding hydrogens is 282 g/mol. The van der Waals surface area contributed by atoms with Crippen molar-refractivity contribution >= 4 is 15.7 Å². The van der Waals surface area contributed by atoms with Gasteiger partial charge in [-0.2, -0.15) is 0 Å². The second-order valence-corrected chi connectivity index (χ2v) is 7.25. The lowest BCUT2D eigenvalue weighted by Gasteiger charge is -2.17. The molecule has 2 unspecified atom stereocenters. The van der Waals surface area contributed by atoms with Gasteiger partial charge in [0.25, 0.3) is 0 Å². The van der Waals surface area contributed by atoms with Crippen molar-refractivity contribution in [3.8, 4) is 0 Å². The summed E-state index contributed by atoms with van der Waals surface area (Å²) < 4.78 is 27.1. The number of amides is 1. The number of nitrogens with one attached hydrogen (secondary N) is 1. The van der Waals surface area contributed by atoms with Crippen LogP contribution in [0.5, 0.6) is 0 Å². The summed E-state index contributed by atoms with van der Waals surface area (Å²) in [6.07, 6.45) is 1.21. The third kappa shape index (κ3) is 4.61. The van der Waals surface area contributed by atoms with E-state index in [1.54, 1.807) is 20.8 Å². The van der Waals surface area contributed by atoms with Crippen LogP contribution in [0.15, 0.2) is 4.52 Å². The van der Waals surface area contributed by atoms with Crippen LogP contribution in [0.2, 0.25) is 0 Å². The number of rotatable bonds is 6. The van der Waals surface area contributed by atoms with Crippen molar-refractivity contribution < 1.29 is 17.7 Å². The molecule has 114 valence electrons. The summed E-state index contributed by atoms with van der Waals surface area (Å²) in [7, 11) is -3.12. The molecule has 0 spiro atoms. The number of nitrogens with zero attached hydrogens (tertiary/aromatic N) is 1. The first-order chi connectivity index (χ1) is 9.11. The highest BCUT2D eigenvalue weighted by molar-refractivity contribution is 7.90. The first-order valence-electron chi connectivity index (χ1n) is 6.28. The summed E-state index contributed by atoms with van der Waals surface area (Å²) >= 11 is 0. The van der Waals surface area contributed by atoms with Crippen LogP contribution >= 0.6 is 0 Å². The molecule has 0 aliphatic carbocycles. The monoisotopic (exact) mass is 303 g/mol. The van der Waals surface area contributed by atoms with Crippen molar-refractivity contribution in [2.45, 2.75) is 39.3 Å². The molecule has 8 heteroatoms. The van der Waals surface area contributed by atoms with E-state index in [9.17, 15) is 13.2 Å². The number of sulfone groups is 1. The van der Waals surface area contributed by atoms with Gasteiger partial charge in [-0.25, -0.2) is 8.42 Å². The van der Waals surface area contributed by atoms with Gasteiger partial charge in [0.05, 0.1) is 23.5 Å². The molecule has 2 atom stereocenters. The lowest BCUT2D eigenvalue weighted by Crippen LogP contribution is -2.42. The second kappa shape index (κ2) is 6.36. The highest BCUT2D eigenvalue weighted by Crippen LogP contribution is 2.20. The third-order valence-corrected chi connectivity index (χ3v) is 3.99. The number of aryl methyl sites for hydroxylation is 2. The molecule has 3 N–H and O–H groups in total. The van der Waals surface area contributed by atoms with E-state index < -0.39 is 15.9 Å². The Labute approximate surface area is 118 Å². The minimum atomic E-state index is -3.12. The zero-order valence-corrected chi connectivity index (χ0v) is 13.0. The smallest absolute Gasteiger partial charge is 0.237 e. The van der Waals surface area contributed by atoms with Crippen molar-refractivity contribution in [3.05, 3.63) is 17.0 Å². The van der Waals surface area contributed by atoms with Gasteiger partial charge >= 0.3 is 0 Å². The maximum Gasteiger partial charge on any atom is 0.237 e. The first kappa shape index (κ1) is 16.6. The van der Waals surface area contributed by atoms with Crippen LogP contribution in [-0.2, 0) is 14.6 Å². The molecule has 0 fully saturated rings. The van der Waals surface area contributed by atoms with E-state index in [2.05, 4.69) is 10.5 Å². The second-order valence-electron chi connectivity index (χ2n) is 4.99. The quantitative estimate of drug-likeness (QED) is 0.777. The maximum absolute atomic E-state index is 11.9. The number of carbonyl (C=O) groups is 1. The molecule has 1 amide bonds. The predicted molar refractivity (Wildman–Crippen MR) is 74.8 cm³/mol. The summed E-state index contributed by atoms with van der Waals surface area (Å²) in [4.78, 5) is 11.9. The third-order valence-electron chi connectivity index (χ3n) is 3.02. The number of aromatic nitrogens is 1. The minimum Gasteiger partial charge on any atom is -0.361 e. The average Bonchev–Trinajstić information content (AvgIpc) is 2.64. The van der Waals surface area contributed by atoms with E-state index in [0.717, 1.165) is 11.8 Å². The van der Waals surface area contributed by atoms with E-state index >= 15 is 0 Å². The van der Waals surface area contributed by atoms with Crippen LogP contribution in [0.25, 0.3) is 0 Å². The molecule has 1 aromatic rings. The summed E-state index contributed by atoms with van der Waals surface area (Å²) in [5.41, 5.74) is 7.21. The van der Waals surface area contributed by atoms with Crippen LogP contribution < -0.4 is 11.1 Å². The molecule has 0 saturated carbocycles. The summed E-state index contributed by atoms with van der Waals surface area (Å²) in [6, 6.07) is -1.15. The number of nitrogens with two attached hydrogens (primary N) is 1. The Bertz CT molecular complexity index is 560. The van der Waals surface area contributed by atoms with Gasteiger partial charge in [-0.15, -0.1) is 0 Å². The molecule has 7 nitrogen and oxygen atoms in total. The first-order valence-corrected chi connectivity index (χ1v) is 8.34. The SMILES string of the molecule is Cc1noc(C)c1C(C)NC(=O)C(N)CCS(C)(=O)=O. The van der Waals surface area contributed by atoms with Crippen molar-refractivity contribution in [2.75, 3.05) is 12.0 Å². The van der Waals surface area contributed by atoms with E-state index in [1.807, 2.05) is 0 Å². The van der Waals surface area contributed by atoms with Crippen molar-refractivity contribution in [1.29, 1.82) is 0 Å². The van der Waals surface area contributed by atoms with Crippen LogP contribution in [-0.4, -0.2) is 37.5 Å². The Morgan fingerprint density at radius 2 is 2.05 bits per heavy atom. The van der Waals surface area contributed by atoms with Gasteiger partial charge < -0.3 is 15.6 Å². The molecule has 1 aromatic heterocycles. The Kier molecular flexibility index (Phi) is 5.29. The average molecular weight is 303 g/mol. The predicted octanol–water partition coefficient (Wildman–Crippen LogP) is 0.231. The zero-order chi connectivity index (χ0) is 15.5. The van der Waals surface area contributed by atoms with Gasteiger partial charge in [0.1, 0.15) is 15.6 Å². The van der Waals surface area contributed by atoms with E-state index in [4.69, 9.17) is 10.3 Å². The molecule has 0 aliphatic rings. The summed E-state index contributed by atoms with van der Waals surface area (Å²) in [6.45, 7) is 5.35. The minimum absolute atomic E-state index is 0.0962. The normalized spacial score (nSPS) is 14.8. The zero-order valence-electron chi connectivity index (χ0n) is 12.1. The number of carbonyl (C=O) groups excluding carboxylic acids is 1. The topological polar surface area (TPSA) is 115 Å². The Hall–Kier alpha value is -1.41. The molecule has 1 heterocycles. The van der Waals surface area contributed by atoms with Crippen molar-refractivity contribution in [1.82, 2.24) is 10.5 Å². The molecule has 0 radical (unpaired) electrons. The van der Waals surface area contributed by atoms with Gasteiger partial charge in [0.2, 0.25) is 5.91 Å². The van der Waals surface area contributed by atoms with Gasteiger partial charge in [-0.1, -0.05) is 5.16 Å².